The molecule has 6 rings (SSSR count). The van der Waals surface area contributed by atoms with E-state index in [0.29, 0.717) is 18.0 Å². The van der Waals surface area contributed by atoms with Crippen molar-refractivity contribution in [2.45, 2.75) is 37.8 Å². The predicted molar refractivity (Wildman–Crippen MR) is 116 cm³/mol. The van der Waals surface area contributed by atoms with Crippen molar-refractivity contribution in [1.29, 1.82) is 0 Å². The molecule has 2 bridgehead atoms. The van der Waals surface area contributed by atoms with Crippen LogP contribution < -0.4 is 14.5 Å². The molecule has 0 unspecified atom stereocenters. The number of methoxy groups -OCH3 is 1. The molecule has 154 valence electrons. The number of ether oxygens (including phenoxy) is 1. The van der Waals surface area contributed by atoms with E-state index >= 15 is 0 Å². The first-order valence-electron chi connectivity index (χ1n) is 10.7. The molecule has 4 fully saturated rings. The van der Waals surface area contributed by atoms with Gasteiger partial charge in [0.15, 0.2) is 0 Å². The van der Waals surface area contributed by atoms with Gasteiger partial charge in [0.2, 0.25) is 5.95 Å². The van der Waals surface area contributed by atoms with E-state index in [2.05, 4.69) is 52.0 Å². The lowest BCUT2D eigenvalue weighted by Gasteiger charge is -2.51. The average Bonchev–Trinajstić information content (AvgIpc) is 3.17. The first-order valence-corrected chi connectivity index (χ1v) is 10.7. The molecule has 0 radical (unpaired) electrons. The Balaban J connectivity index is 1.54. The molecule has 3 atom stereocenters. The van der Waals surface area contributed by atoms with Crippen molar-refractivity contribution in [3.8, 4) is 5.75 Å². The third kappa shape index (κ3) is 3.14. The molecule has 4 saturated heterocycles. The van der Waals surface area contributed by atoms with Crippen LogP contribution in [-0.4, -0.2) is 67.8 Å². The summed E-state index contributed by atoms with van der Waals surface area (Å²) in [6, 6.07) is 12.0. The maximum absolute atomic E-state index is 5.38. The highest BCUT2D eigenvalue weighted by Crippen LogP contribution is 2.48. The SMILES string of the molecule is COc1ccc([C@@H]2CN(c3cc(C)nc(N(C)C)n3)[C@@H]3C4CCN(CC4)[C@@H]32)cc1. The van der Waals surface area contributed by atoms with Crippen molar-refractivity contribution >= 4 is 11.8 Å². The molecule has 29 heavy (non-hydrogen) atoms. The smallest absolute Gasteiger partial charge is 0.226 e. The molecule has 0 spiro atoms. The fourth-order valence-electron chi connectivity index (χ4n) is 5.71. The summed E-state index contributed by atoms with van der Waals surface area (Å²) in [4.78, 5) is 16.9. The highest BCUT2D eigenvalue weighted by molar-refractivity contribution is 5.51. The van der Waals surface area contributed by atoms with Gasteiger partial charge in [-0.2, -0.15) is 4.98 Å². The predicted octanol–water partition coefficient (Wildman–Crippen LogP) is 2.93. The van der Waals surface area contributed by atoms with Gasteiger partial charge in [-0.05, 0) is 56.5 Å². The summed E-state index contributed by atoms with van der Waals surface area (Å²) >= 11 is 0. The van der Waals surface area contributed by atoms with Gasteiger partial charge in [0.1, 0.15) is 11.6 Å². The molecular weight excluding hydrogens is 362 g/mol. The van der Waals surface area contributed by atoms with Crippen LogP contribution in [0.15, 0.2) is 30.3 Å². The Kier molecular flexibility index (Phi) is 4.62. The van der Waals surface area contributed by atoms with Crippen molar-refractivity contribution < 1.29 is 4.74 Å². The lowest BCUT2D eigenvalue weighted by molar-refractivity contribution is 0.0354. The quantitative estimate of drug-likeness (QED) is 0.796. The minimum atomic E-state index is 0.493. The first-order chi connectivity index (χ1) is 14.0. The van der Waals surface area contributed by atoms with E-state index in [0.717, 1.165) is 35.7 Å². The van der Waals surface area contributed by atoms with E-state index in [-0.39, 0.29) is 0 Å². The topological polar surface area (TPSA) is 44.7 Å². The van der Waals surface area contributed by atoms with Gasteiger partial charge < -0.3 is 14.5 Å². The highest BCUT2D eigenvalue weighted by atomic mass is 16.5. The van der Waals surface area contributed by atoms with Crippen molar-refractivity contribution in [3.63, 3.8) is 0 Å². The van der Waals surface area contributed by atoms with Crippen LogP contribution in [0, 0.1) is 12.8 Å². The second-order valence-corrected chi connectivity index (χ2v) is 8.95. The van der Waals surface area contributed by atoms with Crippen LogP contribution in [0.3, 0.4) is 0 Å². The number of nitrogens with zero attached hydrogens (tertiary/aromatic N) is 5. The Hall–Kier alpha value is -2.34. The van der Waals surface area contributed by atoms with E-state index < -0.39 is 0 Å². The molecule has 0 saturated carbocycles. The molecule has 2 aromatic rings. The number of aromatic nitrogens is 2. The number of aryl methyl sites for hydroxylation is 1. The molecule has 1 aromatic carbocycles. The molecule has 0 N–H and O–H groups in total. The highest BCUT2D eigenvalue weighted by Gasteiger charge is 2.53. The normalized spacial score (nSPS) is 30.3. The fraction of sp³-hybridized carbons (Fsp3) is 0.565. The number of fused-ring (bicyclic) bond motifs is 2. The van der Waals surface area contributed by atoms with Crippen LogP contribution in [0.5, 0.6) is 5.75 Å². The van der Waals surface area contributed by atoms with Crippen LogP contribution in [0.25, 0.3) is 0 Å². The molecular formula is C23H31N5O. The van der Waals surface area contributed by atoms with E-state index in [1.165, 1.54) is 31.5 Å². The number of benzene rings is 1. The standard InChI is InChI=1S/C23H31N5O/c1-15-13-20(25-23(24-15)26(2)3)28-14-19(16-5-7-18(29-4)8-6-16)22-21(28)17-9-11-27(22)12-10-17/h5-8,13,17,19,21-22H,9-12,14H2,1-4H3/t19-,21+,22+/m0/s1. The van der Waals surface area contributed by atoms with Gasteiger partial charge in [-0.25, -0.2) is 4.98 Å². The van der Waals surface area contributed by atoms with Gasteiger partial charge in [0, 0.05) is 50.4 Å². The molecule has 4 aliphatic rings. The van der Waals surface area contributed by atoms with Gasteiger partial charge in [0.05, 0.1) is 7.11 Å². The summed E-state index contributed by atoms with van der Waals surface area (Å²) in [6.45, 7) is 5.55. The average molecular weight is 394 g/mol. The number of hydrogen-bond donors (Lipinski definition) is 0. The van der Waals surface area contributed by atoms with Crippen molar-refractivity contribution in [1.82, 2.24) is 14.9 Å². The van der Waals surface area contributed by atoms with Crippen LogP contribution in [0.4, 0.5) is 11.8 Å². The molecule has 6 nitrogen and oxygen atoms in total. The van der Waals surface area contributed by atoms with Crippen LogP contribution in [0.2, 0.25) is 0 Å². The summed E-state index contributed by atoms with van der Waals surface area (Å²) in [5.41, 5.74) is 2.44. The zero-order valence-corrected chi connectivity index (χ0v) is 17.9. The van der Waals surface area contributed by atoms with E-state index in [9.17, 15) is 0 Å². The summed E-state index contributed by atoms with van der Waals surface area (Å²) in [6.07, 6.45) is 2.61. The lowest BCUT2D eigenvalue weighted by Crippen LogP contribution is -2.60. The monoisotopic (exact) mass is 393 g/mol. The van der Waals surface area contributed by atoms with Crippen LogP contribution in [0.1, 0.15) is 30.0 Å². The summed E-state index contributed by atoms with van der Waals surface area (Å²) in [5, 5.41) is 0. The van der Waals surface area contributed by atoms with Crippen LogP contribution in [-0.2, 0) is 0 Å². The molecule has 4 aliphatic heterocycles. The largest absolute Gasteiger partial charge is 0.497 e. The zero-order valence-electron chi connectivity index (χ0n) is 17.9. The molecule has 0 amide bonds. The Morgan fingerprint density at radius 2 is 1.76 bits per heavy atom. The Labute approximate surface area is 173 Å². The maximum Gasteiger partial charge on any atom is 0.226 e. The second-order valence-electron chi connectivity index (χ2n) is 8.95. The van der Waals surface area contributed by atoms with Crippen molar-refractivity contribution in [2.75, 3.05) is 50.6 Å². The van der Waals surface area contributed by atoms with Gasteiger partial charge in [0.25, 0.3) is 0 Å². The summed E-state index contributed by atoms with van der Waals surface area (Å²) in [5.74, 6) is 4.05. The second kappa shape index (κ2) is 7.17. The van der Waals surface area contributed by atoms with E-state index in [1.807, 2.05) is 19.0 Å². The maximum atomic E-state index is 5.38. The third-order valence-corrected chi connectivity index (χ3v) is 7.06. The first kappa shape index (κ1) is 18.7. The van der Waals surface area contributed by atoms with Gasteiger partial charge in [-0.1, -0.05) is 12.1 Å². The zero-order chi connectivity index (χ0) is 20.1. The minimum absolute atomic E-state index is 0.493. The van der Waals surface area contributed by atoms with Crippen molar-refractivity contribution in [3.05, 3.63) is 41.6 Å². The third-order valence-electron chi connectivity index (χ3n) is 7.06. The molecule has 6 heteroatoms. The fourth-order valence-corrected chi connectivity index (χ4v) is 5.71. The van der Waals surface area contributed by atoms with Crippen molar-refractivity contribution in [2.24, 2.45) is 5.92 Å². The molecule has 0 aliphatic carbocycles. The van der Waals surface area contributed by atoms with E-state index in [4.69, 9.17) is 9.72 Å². The Morgan fingerprint density at radius 3 is 2.41 bits per heavy atom. The lowest BCUT2D eigenvalue weighted by atomic mass is 9.75. The molecule has 5 heterocycles. The minimum Gasteiger partial charge on any atom is -0.497 e. The Bertz CT molecular complexity index is 875. The van der Waals surface area contributed by atoms with Gasteiger partial charge in [-0.3, -0.25) is 4.90 Å². The number of rotatable bonds is 4. The van der Waals surface area contributed by atoms with Gasteiger partial charge >= 0.3 is 0 Å². The number of piperidine rings is 3. The molecule has 1 aromatic heterocycles. The summed E-state index contributed by atoms with van der Waals surface area (Å²) in [7, 11) is 5.76. The van der Waals surface area contributed by atoms with Crippen LogP contribution >= 0.6 is 0 Å². The Morgan fingerprint density at radius 1 is 1.03 bits per heavy atom. The van der Waals surface area contributed by atoms with Gasteiger partial charge in [-0.15, -0.1) is 0 Å². The number of hydrogen-bond acceptors (Lipinski definition) is 6. The summed E-state index contributed by atoms with van der Waals surface area (Å²) < 4.78 is 5.38. The number of anilines is 2. The van der Waals surface area contributed by atoms with E-state index in [1.54, 1.807) is 7.11 Å².